The normalized spacial score (nSPS) is 10.2. The average Bonchev–Trinajstić information content (AvgIpc) is 2.81. The second-order valence-electron chi connectivity index (χ2n) is 4.05. The van der Waals surface area contributed by atoms with Crippen molar-refractivity contribution >= 4 is 11.7 Å². The van der Waals surface area contributed by atoms with Crippen molar-refractivity contribution in [1.82, 2.24) is 9.78 Å². The van der Waals surface area contributed by atoms with Gasteiger partial charge in [-0.1, -0.05) is 12.1 Å². The van der Waals surface area contributed by atoms with Crippen molar-refractivity contribution in [3.8, 4) is 5.75 Å². The molecule has 2 aromatic rings. The number of rotatable bonds is 5. The molecule has 20 heavy (non-hydrogen) atoms. The molecule has 0 saturated carbocycles. The summed E-state index contributed by atoms with van der Waals surface area (Å²) in [5.74, 6) is -0.883. The molecule has 0 amide bonds. The Balaban J connectivity index is 2.16. The monoisotopic (exact) mass is 277 g/mol. The molecular formula is C12H11N3O5. The fourth-order valence-corrected chi connectivity index (χ4v) is 1.61. The molecular weight excluding hydrogens is 266 g/mol. The first kappa shape index (κ1) is 13.5. The van der Waals surface area contributed by atoms with Gasteiger partial charge in [0.1, 0.15) is 11.9 Å². The maximum atomic E-state index is 10.8. The van der Waals surface area contributed by atoms with Crippen LogP contribution in [0.3, 0.4) is 0 Å². The molecule has 0 atom stereocenters. The van der Waals surface area contributed by atoms with Crippen molar-refractivity contribution < 1.29 is 19.6 Å². The molecule has 8 heteroatoms. The summed E-state index contributed by atoms with van der Waals surface area (Å²) >= 11 is 0. The van der Waals surface area contributed by atoms with Crippen LogP contribution in [0.25, 0.3) is 0 Å². The molecule has 1 heterocycles. The number of carboxylic acid groups (broad SMARTS) is 1. The summed E-state index contributed by atoms with van der Waals surface area (Å²) in [6.07, 6.45) is 1.03. The summed E-state index contributed by atoms with van der Waals surface area (Å²) in [6.45, 7) is 1.78. The van der Waals surface area contributed by atoms with Crippen LogP contribution in [0.1, 0.15) is 16.1 Å². The van der Waals surface area contributed by atoms with Crippen molar-refractivity contribution in [2.24, 2.45) is 0 Å². The van der Waals surface area contributed by atoms with E-state index in [4.69, 9.17) is 9.84 Å². The molecule has 0 spiro atoms. The number of benzene rings is 1. The van der Waals surface area contributed by atoms with Crippen LogP contribution in [0.5, 0.6) is 5.75 Å². The van der Waals surface area contributed by atoms with Gasteiger partial charge < -0.3 is 9.84 Å². The molecule has 0 aliphatic heterocycles. The SMILES string of the molecule is Cc1cccc(OCn2cc([N+](=O)[O-])c(C(=O)O)n2)c1. The van der Waals surface area contributed by atoms with Crippen LogP contribution >= 0.6 is 0 Å². The van der Waals surface area contributed by atoms with Gasteiger partial charge in [0, 0.05) is 0 Å². The number of aromatic carboxylic acids is 1. The van der Waals surface area contributed by atoms with E-state index in [1.54, 1.807) is 18.2 Å². The van der Waals surface area contributed by atoms with Crippen LogP contribution in [0.2, 0.25) is 0 Å². The first-order valence-electron chi connectivity index (χ1n) is 5.62. The quantitative estimate of drug-likeness (QED) is 0.659. The lowest BCUT2D eigenvalue weighted by atomic mass is 10.2. The summed E-state index contributed by atoms with van der Waals surface area (Å²) in [7, 11) is 0. The van der Waals surface area contributed by atoms with Crippen molar-refractivity contribution in [2.45, 2.75) is 13.7 Å². The fourth-order valence-electron chi connectivity index (χ4n) is 1.61. The number of aromatic nitrogens is 2. The Morgan fingerprint density at radius 1 is 1.55 bits per heavy atom. The summed E-state index contributed by atoms with van der Waals surface area (Å²) < 4.78 is 6.46. The molecule has 0 radical (unpaired) electrons. The minimum atomic E-state index is -1.45. The third-order valence-corrected chi connectivity index (χ3v) is 2.49. The number of carboxylic acids is 1. The van der Waals surface area contributed by atoms with Crippen molar-refractivity contribution in [1.29, 1.82) is 0 Å². The Morgan fingerprint density at radius 2 is 2.30 bits per heavy atom. The Labute approximate surface area is 113 Å². The molecule has 104 valence electrons. The average molecular weight is 277 g/mol. The maximum Gasteiger partial charge on any atom is 0.363 e. The number of hydrogen-bond donors (Lipinski definition) is 1. The maximum absolute atomic E-state index is 10.8. The Morgan fingerprint density at radius 3 is 2.85 bits per heavy atom. The minimum absolute atomic E-state index is 0.114. The summed E-state index contributed by atoms with van der Waals surface area (Å²) in [6, 6.07) is 7.21. The van der Waals surface area contributed by atoms with E-state index in [-0.39, 0.29) is 6.73 Å². The highest BCUT2D eigenvalue weighted by molar-refractivity contribution is 5.89. The van der Waals surface area contributed by atoms with E-state index in [2.05, 4.69) is 5.10 Å². The van der Waals surface area contributed by atoms with Gasteiger partial charge in [-0.25, -0.2) is 9.48 Å². The topological polar surface area (TPSA) is 107 Å². The second kappa shape index (κ2) is 5.39. The van der Waals surface area contributed by atoms with E-state index in [1.165, 1.54) is 0 Å². The van der Waals surface area contributed by atoms with Crippen molar-refractivity contribution in [2.75, 3.05) is 0 Å². The molecule has 2 rings (SSSR count). The highest BCUT2D eigenvalue weighted by Gasteiger charge is 2.25. The third kappa shape index (κ3) is 2.91. The zero-order valence-electron chi connectivity index (χ0n) is 10.5. The van der Waals surface area contributed by atoms with Crippen LogP contribution in [-0.4, -0.2) is 25.8 Å². The van der Waals surface area contributed by atoms with Crippen LogP contribution < -0.4 is 4.74 Å². The lowest BCUT2D eigenvalue weighted by Gasteiger charge is -2.06. The number of aryl methyl sites for hydroxylation is 1. The first-order valence-corrected chi connectivity index (χ1v) is 5.62. The predicted octanol–water partition coefficient (Wildman–Crippen LogP) is 1.83. The predicted molar refractivity (Wildman–Crippen MR) is 67.6 cm³/mol. The highest BCUT2D eigenvalue weighted by Crippen LogP contribution is 2.17. The molecule has 0 aliphatic carbocycles. The zero-order chi connectivity index (χ0) is 14.7. The van der Waals surface area contributed by atoms with Gasteiger partial charge in [-0.2, -0.15) is 5.10 Å². The lowest BCUT2D eigenvalue weighted by Crippen LogP contribution is -2.07. The standard InChI is InChI=1S/C12H11N3O5/c1-8-3-2-4-9(5-8)20-7-14-6-10(15(18)19)11(13-14)12(16)17/h2-6H,7H2,1H3,(H,16,17). The number of ether oxygens (including phenoxy) is 1. The first-order chi connectivity index (χ1) is 9.47. The number of nitrogens with zero attached hydrogens (tertiary/aromatic N) is 3. The Hall–Kier alpha value is -2.90. The molecule has 1 aromatic carbocycles. The Kier molecular flexibility index (Phi) is 3.65. The van der Waals surface area contributed by atoms with Gasteiger partial charge in [0.15, 0.2) is 6.73 Å². The Bertz CT molecular complexity index is 633. The van der Waals surface area contributed by atoms with E-state index < -0.39 is 22.3 Å². The van der Waals surface area contributed by atoms with Gasteiger partial charge in [0.25, 0.3) is 0 Å². The van der Waals surface area contributed by atoms with Crippen LogP contribution in [-0.2, 0) is 6.73 Å². The van der Waals surface area contributed by atoms with E-state index in [1.807, 2.05) is 13.0 Å². The number of nitro groups is 1. The van der Waals surface area contributed by atoms with Crippen LogP contribution in [0.15, 0.2) is 30.5 Å². The molecule has 1 aromatic heterocycles. The van der Waals surface area contributed by atoms with E-state index in [0.29, 0.717) is 5.75 Å². The summed E-state index contributed by atoms with van der Waals surface area (Å²) in [4.78, 5) is 20.8. The van der Waals surface area contributed by atoms with Gasteiger partial charge >= 0.3 is 11.7 Å². The molecule has 0 fully saturated rings. The molecule has 0 aliphatic rings. The molecule has 1 N–H and O–H groups in total. The highest BCUT2D eigenvalue weighted by atomic mass is 16.6. The summed E-state index contributed by atoms with van der Waals surface area (Å²) in [5.41, 5.74) is -0.173. The molecule has 8 nitrogen and oxygen atoms in total. The smallest absolute Gasteiger partial charge is 0.363 e. The van der Waals surface area contributed by atoms with E-state index >= 15 is 0 Å². The van der Waals surface area contributed by atoms with Crippen molar-refractivity contribution in [3.63, 3.8) is 0 Å². The second-order valence-corrected chi connectivity index (χ2v) is 4.05. The lowest BCUT2D eigenvalue weighted by molar-refractivity contribution is -0.385. The van der Waals surface area contributed by atoms with Crippen LogP contribution in [0.4, 0.5) is 5.69 Å². The van der Waals surface area contributed by atoms with Crippen molar-refractivity contribution in [3.05, 3.63) is 51.8 Å². The zero-order valence-corrected chi connectivity index (χ0v) is 10.5. The van der Waals surface area contributed by atoms with Gasteiger partial charge in [0.2, 0.25) is 5.69 Å². The van der Waals surface area contributed by atoms with E-state index in [0.717, 1.165) is 16.4 Å². The summed E-state index contributed by atoms with van der Waals surface area (Å²) in [5, 5.41) is 23.2. The van der Waals surface area contributed by atoms with Gasteiger partial charge in [-0.15, -0.1) is 0 Å². The number of hydrogen-bond acceptors (Lipinski definition) is 5. The fraction of sp³-hybridized carbons (Fsp3) is 0.167. The van der Waals surface area contributed by atoms with Gasteiger partial charge in [-0.05, 0) is 24.6 Å². The number of carbonyl (C=O) groups is 1. The third-order valence-electron chi connectivity index (χ3n) is 2.49. The molecule has 0 saturated heterocycles. The largest absolute Gasteiger partial charge is 0.476 e. The van der Waals surface area contributed by atoms with Crippen LogP contribution in [0, 0.1) is 17.0 Å². The molecule has 0 bridgehead atoms. The van der Waals surface area contributed by atoms with Gasteiger partial charge in [-0.3, -0.25) is 10.1 Å². The molecule has 0 unspecified atom stereocenters. The minimum Gasteiger partial charge on any atom is -0.476 e. The van der Waals surface area contributed by atoms with E-state index in [9.17, 15) is 14.9 Å². The van der Waals surface area contributed by atoms with Gasteiger partial charge in [0.05, 0.1) is 4.92 Å².